The van der Waals surface area contributed by atoms with E-state index in [0.717, 1.165) is 42.3 Å². The lowest BCUT2D eigenvalue weighted by Gasteiger charge is -2.27. The molecule has 3 aromatic carbocycles. The Bertz CT molecular complexity index is 1630. The molecular formula is C31H29ClFN5O3. The number of nitrogens with zero attached hydrogens (tertiary/aromatic N) is 4. The van der Waals surface area contributed by atoms with Crippen molar-refractivity contribution < 1.29 is 18.7 Å². The molecule has 2 aliphatic rings. The second-order valence-electron chi connectivity index (χ2n) is 10.4. The number of hydrogen-bond acceptors (Lipinski definition) is 5. The first kappa shape index (κ1) is 27.0. The molecule has 6 rings (SSSR count). The van der Waals surface area contributed by atoms with Gasteiger partial charge in [0.25, 0.3) is 0 Å². The van der Waals surface area contributed by atoms with E-state index < -0.39 is 6.03 Å². The summed E-state index contributed by atoms with van der Waals surface area (Å²) in [6.07, 6.45) is 0.263. The average Bonchev–Trinajstić information content (AvgIpc) is 3.48. The Morgan fingerprint density at radius 1 is 1.05 bits per heavy atom. The van der Waals surface area contributed by atoms with Gasteiger partial charge in [0.1, 0.15) is 29.8 Å². The highest BCUT2D eigenvalue weighted by Gasteiger charge is 2.29. The molecular weight excluding hydrogens is 545 g/mol. The standard InChI is InChI=1S/C31H29ClFN5O3/c1-19-30(38-13-12-28(39)35-31(38)40)36(2)29(34-19)21-8-9-22-16-37(17-23(22)14-21)15-20-6-10-24(11-7-20)41-18-25-26(32)4-3-5-27(25)33/h3-11,14H,12-13,15-18H2,1-2H3,(H,35,39,40). The number of ether oxygens (including phenoxy) is 1. The molecule has 0 aliphatic carbocycles. The van der Waals surface area contributed by atoms with Crippen LogP contribution in [0.25, 0.3) is 11.4 Å². The van der Waals surface area contributed by atoms with Gasteiger partial charge < -0.3 is 9.30 Å². The third-order valence-corrected chi connectivity index (χ3v) is 7.92. The van der Waals surface area contributed by atoms with Crippen molar-refractivity contribution in [3.8, 4) is 17.1 Å². The summed E-state index contributed by atoms with van der Waals surface area (Å²) >= 11 is 6.10. The van der Waals surface area contributed by atoms with E-state index >= 15 is 0 Å². The second kappa shape index (κ2) is 11.0. The number of benzene rings is 3. The van der Waals surface area contributed by atoms with Crippen LogP contribution in [0, 0.1) is 12.7 Å². The van der Waals surface area contributed by atoms with E-state index in [1.807, 2.05) is 42.8 Å². The number of aryl methyl sites for hydroxylation is 1. The number of imidazole rings is 1. The third kappa shape index (κ3) is 5.42. The predicted octanol–water partition coefficient (Wildman–Crippen LogP) is 5.73. The number of amides is 3. The van der Waals surface area contributed by atoms with Gasteiger partial charge in [-0.1, -0.05) is 41.9 Å². The minimum absolute atomic E-state index is 0.0660. The molecule has 1 saturated heterocycles. The maximum atomic E-state index is 14.0. The highest BCUT2D eigenvalue weighted by atomic mass is 35.5. The molecule has 210 valence electrons. The molecule has 10 heteroatoms. The van der Waals surface area contributed by atoms with E-state index in [0.29, 0.717) is 28.7 Å². The van der Waals surface area contributed by atoms with Gasteiger partial charge >= 0.3 is 6.03 Å². The normalized spacial score (nSPS) is 15.3. The molecule has 1 N–H and O–H groups in total. The summed E-state index contributed by atoms with van der Waals surface area (Å²) in [4.78, 5) is 32.8. The highest BCUT2D eigenvalue weighted by Crippen LogP contribution is 2.32. The molecule has 0 bridgehead atoms. The van der Waals surface area contributed by atoms with Crippen molar-refractivity contribution in [2.45, 2.75) is 39.6 Å². The Kier molecular flexibility index (Phi) is 7.23. The van der Waals surface area contributed by atoms with Crippen molar-refractivity contribution in [3.63, 3.8) is 0 Å². The topological polar surface area (TPSA) is 79.7 Å². The minimum atomic E-state index is -0.419. The number of anilines is 1. The number of halogens is 2. The lowest BCUT2D eigenvalue weighted by Crippen LogP contribution is -2.50. The summed E-state index contributed by atoms with van der Waals surface area (Å²) in [5, 5.41) is 2.74. The van der Waals surface area contributed by atoms with Gasteiger partial charge in [0.2, 0.25) is 5.91 Å². The number of carbonyl (C=O) groups is 2. The van der Waals surface area contributed by atoms with Crippen molar-refractivity contribution in [3.05, 3.63) is 99.5 Å². The van der Waals surface area contributed by atoms with Gasteiger partial charge in [-0.25, -0.2) is 14.2 Å². The summed E-state index contributed by atoms with van der Waals surface area (Å²) in [5.41, 5.74) is 5.73. The van der Waals surface area contributed by atoms with Crippen molar-refractivity contribution in [2.75, 3.05) is 11.4 Å². The van der Waals surface area contributed by atoms with Crippen LogP contribution >= 0.6 is 11.6 Å². The Morgan fingerprint density at radius 2 is 1.83 bits per heavy atom. The van der Waals surface area contributed by atoms with Crippen LogP contribution in [0.1, 0.15) is 34.4 Å². The summed E-state index contributed by atoms with van der Waals surface area (Å²) in [6.45, 7) is 4.70. The SMILES string of the molecule is Cc1nc(-c2ccc3c(c2)CN(Cc2ccc(OCc4c(F)cccc4Cl)cc2)C3)n(C)c1N1CCC(=O)NC1=O. The molecule has 3 amide bonds. The van der Waals surface area contributed by atoms with Crippen LogP contribution in [0.15, 0.2) is 60.7 Å². The van der Waals surface area contributed by atoms with Crippen LogP contribution in [0.4, 0.5) is 15.0 Å². The van der Waals surface area contributed by atoms with E-state index in [1.54, 1.807) is 17.0 Å². The number of aromatic nitrogens is 2. The average molecular weight is 574 g/mol. The Morgan fingerprint density at radius 3 is 2.59 bits per heavy atom. The lowest BCUT2D eigenvalue weighted by molar-refractivity contribution is -0.120. The summed E-state index contributed by atoms with van der Waals surface area (Å²) in [7, 11) is 1.90. The van der Waals surface area contributed by atoms with Gasteiger partial charge in [-0.3, -0.25) is 19.9 Å². The molecule has 2 aliphatic heterocycles. The zero-order valence-electron chi connectivity index (χ0n) is 22.8. The minimum Gasteiger partial charge on any atom is -0.489 e. The van der Waals surface area contributed by atoms with Gasteiger partial charge in [0.05, 0.1) is 10.7 Å². The molecule has 0 spiro atoms. The zero-order valence-corrected chi connectivity index (χ0v) is 23.5. The second-order valence-corrected chi connectivity index (χ2v) is 10.8. The van der Waals surface area contributed by atoms with Crippen LogP contribution in [-0.4, -0.2) is 32.9 Å². The first-order valence-corrected chi connectivity index (χ1v) is 13.8. The lowest BCUT2D eigenvalue weighted by atomic mass is 10.1. The van der Waals surface area contributed by atoms with Crippen LogP contribution < -0.4 is 15.0 Å². The van der Waals surface area contributed by atoms with Gasteiger partial charge in [0.15, 0.2) is 0 Å². The van der Waals surface area contributed by atoms with Crippen LogP contribution in [0.3, 0.4) is 0 Å². The number of imide groups is 1. The van der Waals surface area contributed by atoms with Crippen LogP contribution in [0.5, 0.6) is 5.75 Å². The fourth-order valence-corrected chi connectivity index (χ4v) is 5.74. The molecule has 0 atom stereocenters. The van der Waals surface area contributed by atoms with Gasteiger partial charge in [-0.05, 0) is 53.9 Å². The maximum Gasteiger partial charge on any atom is 0.329 e. The summed E-state index contributed by atoms with van der Waals surface area (Å²) < 4.78 is 21.7. The highest BCUT2D eigenvalue weighted by molar-refractivity contribution is 6.31. The van der Waals surface area contributed by atoms with E-state index in [1.165, 1.54) is 17.2 Å². The fraction of sp³-hybridized carbons (Fsp3) is 0.258. The maximum absolute atomic E-state index is 14.0. The molecule has 1 aromatic heterocycles. The molecule has 4 aromatic rings. The van der Waals surface area contributed by atoms with Crippen molar-refractivity contribution in [1.29, 1.82) is 0 Å². The number of nitrogens with one attached hydrogen (secondary N) is 1. The Hall–Kier alpha value is -4.21. The van der Waals surface area contributed by atoms with E-state index in [9.17, 15) is 14.0 Å². The first-order valence-electron chi connectivity index (χ1n) is 13.4. The Labute approximate surface area is 242 Å². The summed E-state index contributed by atoms with van der Waals surface area (Å²) in [6, 6.07) is 18.4. The molecule has 8 nitrogen and oxygen atoms in total. The molecule has 0 saturated carbocycles. The van der Waals surface area contributed by atoms with Crippen molar-refractivity contribution in [1.82, 2.24) is 19.8 Å². The molecule has 1 fully saturated rings. The third-order valence-electron chi connectivity index (χ3n) is 7.57. The van der Waals surface area contributed by atoms with Gasteiger partial charge in [-0.2, -0.15) is 0 Å². The first-order chi connectivity index (χ1) is 19.8. The van der Waals surface area contributed by atoms with Crippen molar-refractivity contribution in [2.24, 2.45) is 7.05 Å². The summed E-state index contributed by atoms with van der Waals surface area (Å²) in [5.74, 6) is 1.48. The zero-order chi connectivity index (χ0) is 28.7. The quantitative estimate of drug-likeness (QED) is 0.305. The predicted molar refractivity (Wildman–Crippen MR) is 154 cm³/mol. The molecule has 0 radical (unpaired) electrons. The van der Waals surface area contributed by atoms with Crippen LogP contribution in [0.2, 0.25) is 5.02 Å². The number of carbonyl (C=O) groups excluding carboxylic acids is 2. The monoisotopic (exact) mass is 573 g/mol. The largest absolute Gasteiger partial charge is 0.489 e. The van der Waals surface area contributed by atoms with E-state index in [4.69, 9.17) is 21.3 Å². The molecule has 0 unspecified atom stereocenters. The number of hydrogen-bond donors (Lipinski definition) is 1. The van der Waals surface area contributed by atoms with E-state index in [2.05, 4.69) is 28.4 Å². The molecule has 41 heavy (non-hydrogen) atoms. The molecule has 3 heterocycles. The number of fused-ring (bicyclic) bond motifs is 1. The van der Waals surface area contributed by atoms with Crippen molar-refractivity contribution >= 4 is 29.4 Å². The van der Waals surface area contributed by atoms with Crippen LogP contribution in [-0.2, 0) is 38.1 Å². The number of rotatable bonds is 7. The van der Waals surface area contributed by atoms with Gasteiger partial charge in [0, 0.05) is 50.8 Å². The Balaban J connectivity index is 1.11. The smallest absolute Gasteiger partial charge is 0.329 e. The van der Waals surface area contributed by atoms with Gasteiger partial charge in [-0.15, -0.1) is 0 Å². The fourth-order valence-electron chi connectivity index (χ4n) is 5.52. The number of urea groups is 1. The van der Waals surface area contributed by atoms with E-state index in [-0.39, 0.29) is 24.8 Å².